The maximum absolute atomic E-state index is 4.70. The molecule has 126 valence electrons. The van der Waals surface area contributed by atoms with Crippen LogP contribution in [0.4, 0.5) is 17.6 Å². The Labute approximate surface area is 141 Å². The number of hydrogen-bond acceptors (Lipinski definition) is 6. The highest BCUT2D eigenvalue weighted by Gasteiger charge is 2.49. The van der Waals surface area contributed by atoms with Gasteiger partial charge in [0.05, 0.1) is 0 Å². The molecule has 7 nitrogen and oxygen atoms in total. The third-order valence-electron chi connectivity index (χ3n) is 5.66. The second kappa shape index (κ2) is 5.17. The first-order chi connectivity index (χ1) is 11.7. The predicted molar refractivity (Wildman–Crippen MR) is 92.6 cm³/mol. The van der Waals surface area contributed by atoms with Crippen molar-refractivity contribution in [3.8, 4) is 0 Å². The van der Waals surface area contributed by atoms with E-state index in [1.807, 2.05) is 12.3 Å². The van der Waals surface area contributed by atoms with Gasteiger partial charge in [-0.15, -0.1) is 0 Å². The summed E-state index contributed by atoms with van der Waals surface area (Å²) < 4.78 is 0. The molecule has 2 saturated carbocycles. The zero-order valence-electron chi connectivity index (χ0n) is 13.9. The van der Waals surface area contributed by atoms with Gasteiger partial charge in [0, 0.05) is 42.5 Å². The lowest BCUT2D eigenvalue weighted by Crippen LogP contribution is -2.67. The average Bonchev–Trinajstić information content (AvgIpc) is 3.34. The van der Waals surface area contributed by atoms with E-state index < -0.39 is 0 Å². The molecule has 0 amide bonds. The number of anilines is 3. The van der Waals surface area contributed by atoms with Gasteiger partial charge in [-0.2, -0.15) is 10.1 Å². The number of piperidine rings is 2. The van der Waals surface area contributed by atoms with Crippen molar-refractivity contribution in [3.05, 3.63) is 24.0 Å². The van der Waals surface area contributed by atoms with Crippen LogP contribution < -0.4 is 15.5 Å². The summed E-state index contributed by atoms with van der Waals surface area (Å²) in [7, 11) is 2.06. The second-order valence-electron chi connectivity index (χ2n) is 7.53. The molecular weight excluding hydrogens is 302 g/mol. The lowest BCUT2D eigenvalue weighted by molar-refractivity contribution is 0.0856. The number of rotatable bonds is 5. The first kappa shape index (κ1) is 14.2. The summed E-state index contributed by atoms with van der Waals surface area (Å²) in [5.41, 5.74) is 1.48. The quantitative estimate of drug-likeness (QED) is 0.780. The van der Waals surface area contributed by atoms with Crippen molar-refractivity contribution < 1.29 is 0 Å². The van der Waals surface area contributed by atoms with Crippen LogP contribution in [0, 0.1) is 5.92 Å². The first-order valence-electron chi connectivity index (χ1n) is 8.82. The van der Waals surface area contributed by atoms with Crippen LogP contribution in [0.2, 0.25) is 0 Å². The Balaban J connectivity index is 1.32. The molecule has 6 rings (SSSR count). The van der Waals surface area contributed by atoms with Crippen molar-refractivity contribution in [1.82, 2.24) is 25.5 Å². The molecule has 2 aromatic heterocycles. The van der Waals surface area contributed by atoms with Crippen LogP contribution in [0.5, 0.6) is 0 Å². The highest BCUT2D eigenvalue weighted by atomic mass is 15.3. The summed E-state index contributed by atoms with van der Waals surface area (Å²) >= 11 is 0. The van der Waals surface area contributed by atoms with E-state index >= 15 is 0 Å². The normalized spacial score (nSPS) is 28.5. The monoisotopic (exact) mass is 325 g/mol. The average molecular weight is 325 g/mol. The fraction of sp³-hybridized carbons (Fsp3) is 0.588. The number of nitrogens with zero attached hydrogens (tertiary/aromatic N) is 4. The van der Waals surface area contributed by atoms with Gasteiger partial charge in [-0.3, -0.25) is 5.10 Å². The SMILES string of the molecule is CNC12CC(CN(c3nccc(Nc4cc(C5CC5)[nH]n4)n3)C1)C2. The Morgan fingerprint density at radius 1 is 1.29 bits per heavy atom. The largest absolute Gasteiger partial charge is 0.339 e. The molecule has 0 aromatic carbocycles. The number of likely N-dealkylation sites (N-methyl/N-ethyl adjacent to an activating group) is 1. The maximum atomic E-state index is 4.70. The minimum atomic E-state index is 0.261. The zero-order valence-corrected chi connectivity index (χ0v) is 13.9. The van der Waals surface area contributed by atoms with Gasteiger partial charge in [0.1, 0.15) is 5.82 Å². The van der Waals surface area contributed by atoms with E-state index in [0.29, 0.717) is 5.92 Å². The molecule has 4 fully saturated rings. The van der Waals surface area contributed by atoms with E-state index in [1.54, 1.807) is 0 Å². The number of hydrogen-bond donors (Lipinski definition) is 3. The van der Waals surface area contributed by atoms with E-state index in [2.05, 4.69) is 43.8 Å². The number of fused-ring (bicyclic) bond motifs is 2. The number of nitrogens with one attached hydrogen (secondary N) is 3. The van der Waals surface area contributed by atoms with Crippen molar-refractivity contribution in [2.45, 2.75) is 37.1 Å². The smallest absolute Gasteiger partial charge is 0.227 e. The third kappa shape index (κ3) is 2.43. The summed E-state index contributed by atoms with van der Waals surface area (Å²) in [5.74, 6) is 3.87. The minimum absolute atomic E-state index is 0.261. The molecule has 0 radical (unpaired) electrons. The molecule has 2 bridgehead atoms. The van der Waals surface area contributed by atoms with E-state index in [0.717, 1.165) is 36.6 Å². The molecular formula is C17H23N7. The standard InChI is InChI=1S/C17H23N7/c1-18-17-7-11(8-17)9-24(10-17)16-19-5-4-14(21-16)20-15-6-13(22-23-15)12-2-3-12/h4-6,11-12,18H,2-3,7-10H2,1H3,(H2,19,20,21,22,23). The van der Waals surface area contributed by atoms with Gasteiger partial charge in [-0.25, -0.2) is 4.98 Å². The summed E-state index contributed by atoms with van der Waals surface area (Å²) in [6.07, 6.45) is 6.90. The van der Waals surface area contributed by atoms with E-state index in [-0.39, 0.29) is 5.54 Å². The first-order valence-corrected chi connectivity index (χ1v) is 8.82. The van der Waals surface area contributed by atoms with Crippen LogP contribution in [0.25, 0.3) is 0 Å². The lowest BCUT2D eigenvalue weighted by atomic mass is 9.65. The van der Waals surface area contributed by atoms with Crippen LogP contribution in [0.1, 0.15) is 37.3 Å². The van der Waals surface area contributed by atoms with Crippen LogP contribution in [-0.2, 0) is 0 Å². The van der Waals surface area contributed by atoms with Gasteiger partial charge in [0.15, 0.2) is 5.82 Å². The summed E-state index contributed by atoms with van der Waals surface area (Å²) in [6.45, 7) is 2.04. The van der Waals surface area contributed by atoms with Gasteiger partial charge < -0.3 is 15.5 Å². The minimum Gasteiger partial charge on any atom is -0.339 e. The zero-order chi connectivity index (χ0) is 16.1. The van der Waals surface area contributed by atoms with Crippen molar-refractivity contribution in [1.29, 1.82) is 0 Å². The van der Waals surface area contributed by atoms with Crippen molar-refractivity contribution >= 4 is 17.6 Å². The molecule has 24 heavy (non-hydrogen) atoms. The Morgan fingerprint density at radius 2 is 2.17 bits per heavy atom. The molecule has 7 heteroatoms. The second-order valence-corrected chi connectivity index (χ2v) is 7.53. The molecule has 4 heterocycles. The van der Waals surface area contributed by atoms with E-state index in [9.17, 15) is 0 Å². The highest BCUT2D eigenvalue weighted by molar-refractivity contribution is 5.54. The Hall–Kier alpha value is -2.15. The molecule has 0 spiro atoms. The number of H-pyrrole nitrogens is 1. The number of aromatic nitrogens is 4. The topological polar surface area (TPSA) is 81.8 Å². The molecule has 3 N–H and O–H groups in total. The van der Waals surface area contributed by atoms with E-state index in [1.165, 1.54) is 31.4 Å². The molecule has 0 unspecified atom stereocenters. The van der Waals surface area contributed by atoms with Crippen LogP contribution in [-0.4, -0.2) is 45.8 Å². The highest BCUT2D eigenvalue weighted by Crippen LogP contribution is 2.44. The molecule has 4 aliphatic rings. The molecule has 0 atom stereocenters. The van der Waals surface area contributed by atoms with Crippen LogP contribution in [0.3, 0.4) is 0 Å². The fourth-order valence-corrected chi connectivity index (χ4v) is 4.19. The third-order valence-corrected chi connectivity index (χ3v) is 5.66. The summed E-state index contributed by atoms with van der Waals surface area (Å²) in [6, 6.07) is 3.99. The molecule has 2 aromatic rings. The van der Waals surface area contributed by atoms with Crippen LogP contribution in [0.15, 0.2) is 18.3 Å². The fourth-order valence-electron chi connectivity index (χ4n) is 4.19. The molecule has 2 aliphatic carbocycles. The summed E-state index contributed by atoms with van der Waals surface area (Å²) in [5, 5.41) is 14.2. The molecule has 2 aliphatic heterocycles. The van der Waals surface area contributed by atoms with Crippen molar-refractivity contribution in [3.63, 3.8) is 0 Å². The van der Waals surface area contributed by atoms with Crippen molar-refractivity contribution in [2.24, 2.45) is 5.92 Å². The van der Waals surface area contributed by atoms with Gasteiger partial charge in [0.25, 0.3) is 0 Å². The van der Waals surface area contributed by atoms with Gasteiger partial charge in [-0.1, -0.05) is 0 Å². The Kier molecular flexibility index (Phi) is 3.06. The lowest BCUT2D eigenvalue weighted by Gasteiger charge is -2.56. The van der Waals surface area contributed by atoms with Crippen LogP contribution >= 0.6 is 0 Å². The van der Waals surface area contributed by atoms with Crippen molar-refractivity contribution in [2.75, 3.05) is 30.4 Å². The molecule has 2 saturated heterocycles. The van der Waals surface area contributed by atoms with Gasteiger partial charge in [-0.05, 0) is 44.7 Å². The Morgan fingerprint density at radius 3 is 2.96 bits per heavy atom. The van der Waals surface area contributed by atoms with Gasteiger partial charge >= 0.3 is 0 Å². The van der Waals surface area contributed by atoms with Gasteiger partial charge in [0.2, 0.25) is 5.95 Å². The maximum Gasteiger partial charge on any atom is 0.227 e. The predicted octanol–water partition coefficient (Wildman–Crippen LogP) is 2.01. The van der Waals surface area contributed by atoms with E-state index in [4.69, 9.17) is 4.98 Å². The Bertz CT molecular complexity index is 745. The number of aromatic amines is 1. The summed E-state index contributed by atoms with van der Waals surface area (Å²) in [4.78, 5) is 11.5.